The molecule has 0 saturated carbocycles. The van der Waals surface area contributed by atoms with Gasteiger partial charge in [-0.1, -0.05) is 6.07 Å². The van der Waals surface area contributed by atoms with Gasteiger partial charge in [-0.2, -0.15) is 0 Å². The molecule has 0 heterocycles. The van der Waals surface area contributed by atoms with Crippen molar-refractivity contribution in [2.75, 3.05) is 0 Å². The Balaban J connectivity index is 0.000000437. The second-order valence-electron chi connectivity index (χ2n) is 3.51. The van der Waals surface area contributed by atoms with Crippen LogP contribution >= 0.6 is 0 Å². The molecule has 4 nitrogen and oxygen atoms in total. The monoisotopic (exact) mass is 234 g/mol. The van der Waals surface area contributed by atoms with Gasteiger partial charge in [0.1, 0.15) is 23.5 Å². The summed E-state index contributed by atoms with van der Waals surface area (Å²) < 4.78 is 0. The molecule has 0 aromatic heterocycles. The molecule has 4 heteroatoms. The average Bonchev–Trinajstić information content (AvgIpc) is 2.29. The zero-order chi connectivity index (χ0) is 13.0. The number of hydrogen-bond acceptors (Lipinski definition) is 4. The molecule has 3 N–H and O–H groups in total. The van der Waals surface area contributed by atoms with Gasteiger partial charge in [-0.3, -0.25) is 0 Å². The lowest BCUT2D eigenvalue weighted by Gasteiger charge is -2.06. The molecule has 0 saturated heterocycles. The van der Waals surface area contributed by atoms with Crippen LogP contribution in [0.4, 0.5) is 0 Å². The van der Waals surface area contributed by atoms with Crippen LogP contribution < -0.4 is 0 Å². The van der Waals surface area contributed by atoms with E-state index in [4.69, 9.17) is 4.79 Å². The molecule has 0 aliphatic heterocycles. The Morgan fingerprint density at radius 2 is 1.71 bits per heavy atom. The zero-order valence-electron chi connectivity index (χ0n) is 9.64. The first-order valence-corrected chi connectivity index (χ1v) is 5.05. The number of carbonyl (C=O) groups excluding carboxylic acids is 1. The first-order valence-electron chi connectivity index (χ1n) is 5.05. The Bertz CT molecular complexity index is 547. The zero-order valence-corrected chi connectivity index (χ0v) is 9.64. The summed E-state index contributed by atoms with van der Waals surface area (Å²) in [5.41, 5.74) is 0.420. The Kier molecular flexibility index (Phi) is 3.93. The molecule has 0 unspecified atom stereocenters. The van der Waals surface area contributed by atoms with E-state index in [-0.39, 0.29) is 17.2 Å². The predicted octanol–water partition coefficient (Wildman–Crippen LogP) is 2.47. The van der Waals surface area contributed by atoms with E-state index in [1.807, 2.05) is 0 Å². The first kappa shape index (κ1) is 12.8. The minimum Gasteiger partial charge on any atom is -0.508 e. The van der Waals surface area contributed by atoms with Crippen molar-refractivity contribution in [2.24, 2.45) is 0 Å². The van der Waals surface area contributed by atoms with E-state index in [0.29, 0.717) is 16.3 Å². The standard InChI is InChI=1S/C11H10O3.C2H4O/c1-6-10(13)4-7-2-3-8(12)5-9(7)11(6)14;1-2-3/h2-5,12-14H,1H3;2H,1H3. The van der Waals surface area contributed by atoms with Gasteiger partial charge < -0.3 is 20.1 Å². The smallest absolute Gasteiger partial charge is 0.130 e. The Labute approximate surface area is 98.8 Å². The van der Waals surface area contributed by atoms with Gasteiger partial charge in [-0.15, -0.1) is 0 Å². The van der Waals surface area contributed by atoms with Gasteiger partial charge in [0.05, 0.1) is 0 Å². The third-order valence-corrected chi connectivity index (χ3v) is 2.32. The molecule has 0 fully saturated rings. The molecule has 0 bridgehead atoms. The number of hydrogen-bond donors (Lipinski definition) is 3. The van der Waals surface area contributed by atoms with E-state index < -0.39 is 0 Å². The van der Waals surface area contributed by atoms with E-state index in [2.05, 4.69) is 0 Å². The van der Waals surface area contributed by atoms with Crippen LogP contribution in [0.25, 0.3) is 10.8 Å². The second-order valence-corrected chi connectivity index (χ2v) is 3.51. The fourth-order valence-corrected chi connectivity index (χ4v) is 1.45. The van der Waals surface area contributed by atoms with Gasteiger partial charge in [0, 0.05) is 10.9 Å². The van der Waals surface area contributed by atoms with Crippen molar-refractivity contribution in [3.05, 3.63) is 29.8 Å². The van der Waals surface area contributed by atoms with Crippen molar-refractivity contribution in [1.29, 1.82) is 0 Å². The van der Waals surface area contributed by atoms with Crippen LogP contribution in [-0.4, -0.2) is 21.6 Å². The Hall–Kier alpha value is -2.23. The summed E-state index contributed by atoms with van der Waals surface area (Å²) >= 11 is 0. The van der Waals surface area contributed by atoms with Crippen molar-refractivity contribution < 1.29 is 20.1 Å². The minimum atomic E-state index is 0.0101. The van der Waals surface area contributed by atoms with Crippen LogP contribution in [0.15, 0.2) is 24.3 Å². The van der Waals surface area contributed by atoms with Crippen LogP contribution in [0, 0.1) is 6.92 Å². The number of phenolic OH excluding ortho intramolecular Hbond substituents is 3. The van der Waals surface area contributed by atoms with Gasteiger partial charge in [-0.05, 0) is 37.4 Å². The molecular formula is C13H14O4. The lowest BCUT2D eigenvalue weighted by atomic mass is 10.0. The van der Waals surface area contributed by atoms with Gasteiger partial charge in [0.25, 0.3) is 0 Å². The molecule has 0 aliphatic carbocycles. The van der Waals surface area contributed by atoms with Gasteiger partial charge in [0.15, 0.2) is 0 Å². The van der Waals surface area contributed by atoms with Gasteiger partial charge >= 0.3 is 0 Å². The van der Waals surface area contributed by atoms with E-state index >= 15 is 0 Å². The number of fused-ring (bicyclic) bond motifs is 1. The highest BCUT2D eigenvalue weighted by Gasteiger charge is 2.08. The van der Waals surface area contributed by atoms with E-state index in [0.717, 1.165) is 6.29 Å². The van der Waals surface area contributed by atoms with Crippen LogP contribution in [0.3, 0.4) is 0 Å². The number of aromatic hydroxyl groups is 3. The van der Waals surface area contributed by atoms with Crippen LogP contribution in [0.1, 0.15) is 12.5 Å². The van der Waals surface area contributed by atoms with Crippen molar-refractivity contribution in [3.8, 4) is 17.2 Å². The fourth-order valence-electron chi connectivity index (χ4n) is 1.45. The molecule has 2 rings (SSSR count). The SMILES string of the molecule is CC=O.Cc1c(O)cc2ccc(O)cc2c1O. The van der Waals surface area contributed by atoms with Crippen molar-refractivity contribution >= 4 is 17.1 Å². The average molecular weight is 234 g/mol. The van der Waals surface area contributed by atoms with E-state index in [1.165, 1.54) is 19.1 Å². The highest BCUT2D eigenvalue weighted by molar-refractivity contribution is 5.92. The molecule has 2 aromatic rings. The van der Waals surface area contributed by atoms with Crippen LogP contribution in [-0.2, 0) is 4.79 Å². The largest absolute Gasteiger partial charge is 0.508 e. The molecule has 90 valence electrons. The summed E-state index contributed by atoms with van der Waals surface area (Å²) in [5, 5.41) is 29.6. The highest BCUT2D eigenvalue weighted by Crippen LogP contribution is 2.36. The lowest BCUT2D eigenvalue weighted by molar-refractivity contribution is -0.106. The minimum absolute atomic E-state index is 0.0101. The number of aldehydes is 1. The maximum absolute atomic E-state index is 9.69. The number of rotatable bonds is 0. The molecular weight excluding hydrogens is 220 g/mol. The van der Waals surface area contributed by atoms with Crippen LogP contribution in [0.5, 0.6) is 17.2 Å². The predicted molar refractivity (Wildman–Crippen MR) is 65.4 cm³/mol. The molecule has 0 atom stereocenters. The first-order chi connectivity index (χ1) is 8.01. The quantitative estimate of drug-likeness (QED) is 0.612. The lowest BCUT2D eigenvalue weighted by Crippen LogP contribution is -1.80. The second kappa shape index (κ2) is 5.21. The maximum Gasteiger partial charge on any atom is 0.130 e. The van der Waals surface area contributed by atoms with E-state index in [1.54, 1.807) is 19.1 Å². The summed E-state index contributed by atoms with van der Waals surface area (Å²) in [6.07, 6.45) is 0.750. The molecule has 0 radical (unpaired) electrons. The number of benzene rings is 2. The summed E-state index contributed by atoms with van der Waals surface area (Å²) in [5.74, 6) is 0.162. The summed E-state index contributed by atoms with van der Waals surface area (Å²) in [6, 6.07) is 6.18. The van der Waals surface area contributed by atoms with Gasteiger partial charge in [0.2, 0.25) is 0 Å². The van der Waals surface area contributed by atoms with Crippen molar-refractivity contribution in [1.82, 2.24) is 0 Å². The van der Waals surface area contributed by atoms with Crippen LogP contribution in [0.2, 0.25) is 0 Å². The molecule has 17 heavy (non-hydrogen) atoms. The van der Waals surface area contributed by atoms with Crippen molar-refractivity contribution in [2.45, 2.75) is 13.8 Å². The Morgan fingerprint density at radius 3 is 2.29 bits per heavy atom. The topological polar surface area (TPSA) is 77.8 Å². The van der Waals surface area contributed by atoms with Gasteiger partial charge in [-0.25, -0.2) is 0 Å². The normalized spacial score (nSPS) is 9.53. The Morgan fingerprint density at radius 1 is 1.12 bits per heavy atom. The molecule has 2 aromatic carbocycles. The molecule has 0 amide bonds. The fraction of sp³-hybridized carbons (Fsp3) is 0.154. The molecule has 0 aliphatic rings. The maximum atomic E-state index is 9.69. The van der Waals surface area contributed by atoms with E-state index in [9.17, 15) is 15.3 Å². The summed E-state index contributed by atoms with van der Waals surface area (Å²) in [4.78, 5) is 8.81. The highest BCUT2D eigenvalue weighted by atomic mass is 16.3. The summed E-state index contributed by atoms with van der Waals surface area (Å²) in [7, 11) is 0. The third kappa shape index (κ3) is 2.66. The molecule has 0 spiro atoms. The van der Waals surface area contributed by atoms with Crippen molar-refractivity contribution in [3.63, 3.8) is 0 Å². The summed E-state index contributed by atoms with van der Waals surface area (Å²) in [6.45, 7) is 3.06. The number of carbonyl (C=O) groups is 1. The number of phenols is 3. The third-order valence-electron chi connectivity index (χ3n) is 2.32.